The maximum absolute atomic E-state index is 11.0. The average molecular weight is 270 g/mol. The molecule has 1 heterocycles. The smallest absolute Gasteiger partial charge is 0.317 e. The fourth-order valence-electron chi connectivity index (χ4n) is 2.18. The number of aryl methyl sites for hydroxylation is 2. The Hall–Kier alpha value is -0.940. The molecule has 0 fully saturated rings. The number of nitrogens with zero attached hydrogens (tertiary/aromatic N) is 2. The number of carboxylic acid groups (broad SMARTS) is 1. The Morgan fingerprint density at radius 2 is 2.00 bits per heavy atom. The van der Waals surface area contributed by atoms with Crippen LogP contribution in [0.15, 0.2) is 0 Å². The van der Waals surface area contributed by atoms with Gasteiger partial charge in [0.25, 0.3) is 0 Å². The zero-order valence-electron chi connectivity index (χ0n) is 11.9. The molecule has 0 bridgehead atoms. The van der Waals surface area contributed by atoms with Gasteiger partial charge in [0, 0.05) is 16.5 Å². The summed E-state index contributed by atoms with van der Waals surface area (Å²) in [7, 11) is 0. The van der Waals surface area contributed by atoms with Crippen molar-refractivity contribution in [3.63, 3.8) is 0 Å². The van der Waals surface area contributed by atoms with Gasteiger partial charge in [0.1, 0.15) is 0 Å². The van der Waals surface area contributed by atoms with Crippen LogP contribution in [-0.4, -0.2) is 33.0 Å². The van der Waals surface area contributed by atoms with Crippen molar-refractivity contribution >= 4 is 17.3 Å². The number of hydrogen-bond acceptors (Lipinski definition) is 4. The van der Waals surface area contributed by atoms with Gasteiger partial charge in [-0.25, -0.2) is 4.98 Å². The Labute approximate surface area is 113 Å². The SMILES string of the molecule is Cc1nc(C)c(C(C)N(CC(=O)O)C(C)(C)C)s1. The summed E-state index contributed by atoms with van der Waals surface area (Å²) in [6.07, 6.45) is 0. The van der Waals surface area contributed by atoms with Gasteiger partial charge in [-0.3, -0.25) is 9.69 Å². The van der Waals surface area contributed by atoms with Gasteiger partial charge in [-0.05, 0) is 41.5 Å². The van der Waals surface area contributed by atoms with Crippen molar-refractivity contribution in [2.75, 3.05) is 6.54 Å². The molecule has 0 radical (unpaired) electrons. The third kappa shape index (κ3) is 3.53. The van der Waals surface area contributed by atoms with Gasteiger partial charge in [0.2, 0.25) is 0 Å². The first-order chi connectivity index (χ1) is 8.12. The molecule has 1 unspecified atom stereocenters. The molecule has 0 aliphatic rings. The van der Waals surface area contributed by atoms with Crippen molar-refractivity contribution in [3.8, 4) is 0 Å². The second-order valence-electron chi connectivity index (χ2n) is 5.55. The van der Waals surface area contributed by atoms with Crippen molar-refractivity contribution in [2.24, 2.45) is 0 Å². The third-order valence-electron chi connectivity index (χ3n) is 2.95. The lowest BCUT2D eigenvalue weighted by molar-refractivity contribution is -0.140. The second kappa shape index (κ2) is 5.36. The maximum Gasteiger partial charge on any atom is 0.317 e. The molecule has 1 N–H and O–H groups in total. The van der Waals surface area contributed by atoms with Crippen LogP contribution >= 0.6 is 11.3 Å². The summed E-state index contributed by atoms with van der Waals surface area (Å²) in [5, 5.41) is 10.1. The zero-order valence-corrected chi connectivity index (χ0v) is 12.8. The molecule has 0 amide bonds. The lowest BCUT2D eigenvalue weighted by atomic mass is 10.0. The highest BCUT2D eigenvalue weighted by atomic mass is 32.1. The molecule has 0 saturated heterocycles. The Morgan fingerprint density at radius 3 is 2.33 bits per heavy atom. The average Bonchev–Trinajstić information content (AvgIpc) is 2.51. The summed E-state index contributed by atoms with van der Waals surface area (Å²) in [5.74, 6) is -0.796. The summed E-state index contributed by atoms with van der Waals surface area (Å²) >= 11 is 1.65. The van der Waals surface area contributed by atoms with Crippen LogP contribution in [-0.2, 0) is 4.79 Å². The normalized spacial score (nSPS) is 13.9. The van der Waals surface area contributed by atoms with E-state index < -0.39 is 5.97 Å². The molecular formula is C13H22N2O2S. The fourth-order valence-corrected chi connectivity index (χ4v) is 3.17. The topological polar surface area (TPSA) is 53.4 Å². The first-order valence-corrected chi connectivity index (χ1v) is 6.87. The summed E-state index contributed by atoms with van der Waals surface area (Å²) in [6.45, 7) is 12.2. The van der Waals surface area contributed by atoms with E-state index in [0.29, 0.717) is 0 Å². The molecule has 1 atom stereocenters. The van der Waals surface area contributed by atoms with Gasteiger partial charge >= 0.3 is 5.97 Å². The van der Waals surface area contributed by atoms with Crippen molar-refractivity contribution in [1.82, 2.24) is 9.88 Å². The van der Waals surface area contributed by atoms with Crippen LogP contribution in [0.25, 0.3) is 0 Å². The van der Waals surface area contributed by atoms with E-state index in [1.54, 1.807) is 11.3 Å². The van der Waals surface area contributed by atoms with E-state index in [0.717, 1.165) is 15.6 Å². The quantitative estimate of drug-likeness (QED) is 0.913. The van der Waals surface area contributed by atoms with Crippen molar-refractivity contribution in [3.05, 3.63) is 15.6 Å². The van der Waals surface area contributed by atoms with Gasteiger partial charge < -0.3 is 5.11 Å². The van der Waals surface area contributed by atoms with Crippen LogP contribution in [0.2, 0.25) is 0 Å². The minimum Gasteiger partial charge on any atom is -0.480 e. The molecule has 0 aliphatic carbocycles. The minimum atomic E-state index is -0.796. The van der Waals surface area contributed by atoms with Gasteiger partial charge in [0.15, 0.2) is 0 Å². The number of aromatic nitrogens is 1. The minimum absolute atomic E-state index is 0.0427. The Morgan fingerprint density at radius 1 is 1.44 bits per heavy atom. The predicted octanol–water partition coefficient (Wildman–Crippen LogP) is 3.01. The molecule has 5 heteroatoms. The molecule has 0 aliphatic heterocycles. The Kier molecular flexibility index (Phi) is 4.50. The highest BCUT2D eigenvalue weighted by molar-refractivity contribution is 7.11. The van der Waals surface area contributed by atoms with E-state index in [1.807, 2.05) is 46.4 Å². The molecule has 4 nitrogen and oxygen atoms in total. The van der Waals surface area contributed by atoms with Gasteiger partial charge in [-0.1, -0.05) is 0 Å². The van der Waals surface area contributed by atoms with Crippen LogP contribution < -0.4 is 0 Å². The van der Waals surface area contributed by atoms with E-state index in [1.165, 1.54) is 0 Å². The van der Waals surface area contributed by atoms with Gasteiger partial charge in [-0.2, -0.15) is 0 Å². The first kappa shape index (κ1) is 15.1. The number of thiazole rings is 1. The van der Waals surface area contributed by atoms with Crippen molar-refractivity contribution in [2.45, 2.75) is 53.1 Å². The van der Waals surface area contributed by atoms with Crippen LogP contribution in [0.4, 0.5) is 0 Å². The largest absolute Gasteiger partial charge is 0.480 e. The lowest BCUT2D eigenvalue weighted by Crippen LogP contribution is -2.45. The molecule has 1 rings (SSSR count). The van der Waals surface area contributed by atoms with E-state index >= 15 is 0 Å². The highest BCUT2D eigenvalue weighted by Gasteiger charge is 2.30. The van der Waals surface area contributed by atoms with Crippen molar-refractivity contribution < 1.29 is 9.90 Å². The maximum atomic E-state index is 11.0. The van der Waals surface area contributed by atoms with Crippen molar-refractivity contribution in [1.29, 1.82) is 0 Å². The summed E-state index contributed by atoms with van der Waals surface area (Å²) in [6, 6.07) is 0.0623. The number of carboxylic acids is 1. The molecule has 1 aromatic heterocycles. The van der Waals surface area contributed by atoms with Crippen LogP contribution in [0.3, 0.4) is 0 Å². The summed E-state index contributed by atoms with van der Waals surface area (Å²) < 4.78 is 0. The zero-order chi connectivity index (χ0) is 14.1. The second-order valence-corrected chi connectivity index (χ2v) is 6.79. The number of hydrogen-bond donors (Lipinski definition) is 1. The monoisotopic (exact) mass is 270 g/mol. The van der Waals surface area contributed by atoms with Gasteiger partial charge in [0.05, 0.1) is 17.2 Å². The highest BCUT2D eigenvalue weighted by Crippen LogP contribution is 2.33. The van der Waals surface area contributed by atoms with Crippen LogP contribution in [0, 0.1) is 13.8 Å². The molecule has 0 saturated carbocycles. The Bertz CT molecular complexity index is 435. The summed E-state index contributed by atoms with van der Waals surface area (Å²) in [5.41, 5.74) is 0.812. The summed E-state index contributed by atoms with van der Waals surface area (Å²) in [4.78, 5) is 18.6. The van der Waals surface area contributed by atoms with Crippen LogP contribution in [0.1, 0.15) is 49.3 Å². The molecular weight excluding hydrogens is 248 g/mol. The Balaban J connectivity index is 3.06. The number of rotatable bonds is 4. The molecule has 0 aromatic carbocycles. The van der Waals surface area contributed by atoms with Crippen LogP contribution in [0.5, 0.6) is 0 Å². The van der Waals surface area contributed by atoms with E-state index in [4.69, 9.17) is 5.11 Å². The molecule has 102 valence electrons. The molecule has 0 spiro atoms. The fraction of sp³-hybridized carbons (Fsp3) is 0.692. The number of carbonyl (C=O) groups is 1. The first-order valence-electron chi connectivity index (χ1n) is 6.05. The van der Waals surface area contributed by atoms with E-state index in [9.17, 15) is 4.79 Å². The molecule has 18 heavy (non-hydrogen) atoms. The standard InChI is InChI=1S/C13H22N2O2S/c1-8-12(18-10(3)14-8)9(2)15(7-11(16)17)13(4,5)6/h9H,7H2,1-6H3,(H,16,17). The third-order valence-corrected chi connectivity index (χ3v) is 4.20. The molecule has 1 aromatic rings. The lowest BCUT2D eigenvalue weighted by Gasteiger charge is -2.38. The van der Waals surface area contributed by atoms with Gasteiger partial charge in [-0.15, -0.1) is 11.3 Å². The predicted molar refractivity (Wildman–Crippen MR) is 74.1 cm³/mol. The van der Waals surface area contributed by atoms with E-state index in [-0.39, 0.29) is 18.1 Å². The van der Waals surface area contributed by atoms with E-state index in [2.05, 4.69) is 4.98 Å². The number of aliphatic carboxylic acids is 1.